The van der Waals surface area contributed by atoms with E-state index in [1.165, 1.54) is 37.3 Å². The zero-order chi connectivity index (χ0) is 15.0. The van der Waals surface area contributed by atoms with Crippen LogP contribution in [0.3, 0.4) is 0 Å². The number of piperazine rings is 1. The predicted octanol–water partition coefficient (Wildman–Crippen LogP) is 3.80. The van der Waals surface area contributed by atoms with E-state index in [1.807, 2.05) is 13.8 Å². The number of hydrogen-bond donors (Lipinski definition) is 0. The second-order valence-corrected chi connectivity index (χ2v) is 5.58. The molecule has 0 spiro atoms. The summed E-state index contributed by atoms with van der Waals surface area (Å²) >= 11 is 0. The quantitative estimate of drug-likeness (QED) is 0.825. The molecule has 20 heavy (non-hydrogen) atoms. The van der Waals surface area contributed by atoms with E-state index >= 15 is 0 Å². The minimum absolute atomic E-state index is 0.691. The van der Waals surface area contributed by atoms with Crippen molar-refractivity contribution in [3.63, 3.8) is 0 Å². The van der Waals surface area contributed by atoms with Crippen LogP contribution in [-0.4, -0.2) is 42.0 Å². The van der Waals surface area contributed by atoms with Crippen LogP contribution in [0.4, 0.5) is 0 Å². The summed E-state index contributed by atoms with van der Waals surface area (Å²) in [6.07, 6.45) is 1.13. The summed E-state index contributed by atoms with van der Waals surface area (Å²) in [4.78, 5) is 5.14. The van der Waals surface area contributed by atoms with Gasteiger partial charge in [-0.15, -0.1) is 0 Å². The second kappa shape index (κ2) is 9.15. The molecule has 1 heterocycles. The van der Waals surface area contributed by atoms with Crippen molar-refractivity contribution in [1.29, 1.82) is 0 Å². The molecule has 0 unspecified atom stereocenters. The first-order valence-electron chi connectivity index (χ1n) is 8.23. The van der Waals surface area contributed by atoms with Crippen LogP contribution in [0.2, 0.25) is 0 Å². The Kier molecular flexibility index (Phi) is 7.86. The van der Waals surface area contributed by atoms with E-state index in [9.17, 15) is 0 Å². The van der Waals surface area contributed by atoms with Crippen molar-refractivity contribution in [3.05, 3.63) is 35.4 Å². The van der Waals surface area contributed by atoms with Gasteiger partial charge < -0.3 is 0 Å². The maximum Gasteiger partial charge on any atom is 0.0234 e. The monoisotopic (exact) mass is 276 g/mol. The van der Waals surface area contributed by atoms with E-state index in [4.69, 9.17) is 0 Å². The number of benzene rings is 1. The molecule has 2 nitrogen and oxygen atoms in total. The number of hydrogen-bond acceptors (Lipinski definition) is 2. The molecule has 2 heteroatoms. The van der Waals surface area contributed by atoms with Gasteiger partial charge in [-0.1, -0.05) is 45.0 Å². The van der Waals surface area contributed by atoms with E-state index in [2.05, 4.69) is 54.8 Å². The Bertz CT molecular complexity index is 348. The highest BCUT2D eigenvalue weighted by atomic mass is 15.3. The number of aryl methyl sites for hydroxylation is 1. The van der Waals surface area contributed by atoms with Gasteiger partial charge >= 0.3 is 0 Å². The third-order valence-corrected chi connectivity index (χ3v) is 3.97. The fourth-order valence-corrected chi connectivity index (χ4v) is 2.58. The zero-order valence-corrected chi connectivity index (χ0v) is 14.0. The summed E-state index contributed by atoms with van der Waals surface area (Å²) in [6, 6.07) is 9.79. The molecule has 1 saturated heterocycles. The molecule has 1 fully saturated rings. The lowest BCUT2D eigenvalue weighted by Crippen LogP contribution is -2.48. The predicted molar refractivity (Wildman–Crippen MR) is 89.2 cm³/mol. The van der Waals surface area contributed by atoms with Crippen LogP contribution in [0.1, 0.15) is 45.7 Å². The van der Waals surface area contributed by atoms with Crippen LogP contribution < -0.4 is 0 Å². The highest BCUT2D eigenvalue weighted by Crippen LogP contribution is 2.11. The summed E-state index contributed by atoms with van der Waals surface area (Å²) in [7, 11) is 0. The molecular formula is C18H32N2. The minimum Gasteiger partial charge on any atom is -0.298 e. The smallest absolute Gasteiger partial charge is 0.0234 e. The van der Waals surface area contributed by atoms with Crippen molar-refractivity contribution >= 4 is 0 Å². The molecule has 0 N–H and O–H groups in total. The second-order valence-electron chi connectivity index (χ2n) is 5.58. The Morgan fingerprint density at radius 3 is 1.85 bits per heavy atom. The molecule has 1 aliphatic heterocycles. The Balaban J connectivity index is 0.000000956. The van der Waals surface area contributed by atoms with E-state index in [-0.39, 0.29) is 0 Å². The van der Waals surface area contributed by atoms with Crippen molar-refractivity contribution < 1.29 is 0 Å². The summed E-state index contributed by atoms with van der Waals surface area (Å²) in [5.74, 6) is 0. The molecular weight excluding hydrogens is 244 g/mol. The first-order chi connectivity index (χ1) is 9.69. The average Bonchev–Trinajstić information content (AvgIpc) is 2.50. The largest absolute Gasteiger partial charge is 0.298 e. The molecule has 0 radical (unpaired) electrons. The lowest BCUT2D eigenvalue weighted by molar-refractivity contribution is 0.104. The minimum atomic E-state index is 0.691. The van der Waals surface area contributed by atoms with Gasteiger partial charge in [-0.3, -0.25) is 9.80 Å². The van der Waals surface area contributed by atoms with Gasteiger partial charge in [0.15, 0.2) is 0 Å². The maximum absolute atomic E-state index is 2.57. The Morgan fingerprint density at radius 2 is 1.40 bits per heavy atom. The van der Waals surface area contributed by atoms with Gasteiger partial charge in [-0.25, -0.2) is 0 Å². The molecule has 0 aromatic heterocycles. The normalized spacial score (nSPS) is 16.9. The van der Waals surface area contributed by atoms with Crippen molar-refractivity contribution in [1.82, 2.24) is 9.80 Å². The van der Waals surface area contributed by atoms with Crippen molar-refractivity contribution in [2.24, 2.45) is 0 Å². The van der Waals surface area contributed by atoms with Crippen molar-refractivity contribution in [3.8, 4) is 0 Å². The first-order valence-corrected chi connectivity index (χ1v) is 8.23. The first kappa shape index (κ1) is 17.2. The summed E-state index contributed by atoms with van der Waals surface area (Å²) in [6.45, 7) is 16.7. The van der Waals surface area contributed by atoms with Crippen LogP contribution in [0.25, 0.3) is 0 Å². The molecule has 114 valence electrons. The molecule has 1 aromatic carbocycles. The van der Waals surface area contributed by atoms with E-state index in [1.54, 1.807) is 0 Å². The van der Waals surface area contributed by atoms with Gasteiger partial charge in [0.05, 0.1) is 0 Å². The van der Waals surface area contributed by atoms with Crippen molar-refractivity contribution in [2.45, 2.75) is 53.6 Å². The van der Waals surface area contributed by atoms with E-state index in [0.717, 1.165) is 13.0 Å². The molecule has 0 atom stereocenters. The van der Waals surface area contributed by atoms with Gasteiger partial charge in [-0.2, -0.15) is 0 Å². The molecule has 1 aromatic rings. The molecule has 0 saturated carbocycles. The van der Waals surface area contributed by atoms with Crippen LogP contribution in [0.15, 0.2) is 24.3 Å². The van der Waals surface area contributed by atoms with Gasteiger partial charge in [0.2, 0.25) is 0 Å². The highest BCUT2D eigenvalue weighted by Gasteiger charge is 2.18. The zero-order valence-electron chi connectivity index (χ0n) is 14.0. The number of rotatable bonds is 4. The highest BCUT2D eigenvalue weighted by molar-refractivity contribution is 5.22. The average molecular weight is 276 g/mol. The van der Waals surface area contributed by atoms with Gasteiger partial charge in [0.25, 0.3) is 0 Å². The lowest BCUT2D eigenvalue weighted by Gasteiger charge is -2.36. The van der Waals surface area contributed by atoms with Gasteiger partial charge in [0, 0.05) is 38.8 Å². The fourth-order valence-electron chi connectivity index (χ4n) is 2.58. The summed E-state index contributed by atoms with van der Waals surface area (Å²) in [5.41, 5.74) is 2.88. The summed E-state index contributed by atoms with van der Waals surface area (Å²) < 4.78 is 0. The lowest BCUT2D eigenvalue weighted by atomic mass is 10.1. The van der Waals surface area contributed by atoms with Crippen LogP contribution in [-0.2, 0) is 13.0 Å². The van der Waals surface area contributed by atoms with Gasteiger partial charge in [0.1, 0.15) is 0 Å². The topological polar surface area (TPSA) is 6.48 Å². The Morgan fingerprint density at radius 1 is 0.900 bits per heavy atom. The molecule has 0 amide bonds. The van der Waals surface area contributed by atoms with Crippen LogP contribution >= 0.6 is 0 Å². The third kappa shape index (κ3) is 5.26. The summed E-state index contributed by atoms with van der Waals surface area (Å²) in [5, 5.41) is 0. The number of nitrogens with zero attached hydrogens (tertiary/aromatic N) is 2. The Labute approximate surface area is 125 Å². The molecule has 2 rings (SSSR count). The van der Waals surface area contributed by atoms with Crippen LogP contribution in [0, 0.1) is 0 Å². The molecule has 1 aliphatic rings. The van der Waals surface area contributed by atoms with Crippen molar-refractivity contribution in [2.75, 3.05) is 26.2 Å². The third-order valence-electron chi connectivity index (χ3n) is 3.97. The molecule has 0 aliphatic carbocycles. The van der Waals surface area contributed by atoms with Gasteiger partial charge in [-0.05, 0) is 31.4 Å². The maximum atomic E-state index is 2.57. The SMILES string of the molecule is CC.CCc1ccc(CN2CCN(C(C)C)CC2)cc1. The molecule has 0 bridgehead atoms. The van der Waals surface area contributed by atoms with E-state index in [0.29, 0.717) is 6.04 Å². The Hall–Kier alpha value is -0.860. The standard InChI is InChI=1S/C16H26N2.C2H6/c1-4-15-5-7-16(8-6-15)13-17-9-11-18(12-10-17)14(2)3;1-2/h5-8,14H,4,9-13H2,1-3H3;1-2H3. The van der Waals surface area contributed by atoms with Crippen LogP contribution in [0.5, 0.6) is 0 Å². The van der Waals surface area contributed by atoms with E-state index < -0.39 is 0 Å². The fraction of sp³-hybridized carbons (Fsp3) is 0.667.